The van der Waals surface area contributed by atoms with Crippen molar-refractivity contribution in [2.45, 2.75) is 12.8 Å². The van der Waals surface area contributed by atoms with Gasteiger partial charge in [0.2, 0.25) is 0 Å². The summed E-state index contributed by atoms with van der Waals surface area (Å²) in [5.74, 6) is -1.04. The summed E-state index contributed by atoms with van der Waals surface area (Å²) in [6.07, 6.45) is 0. The number of aliphatic carboxylic acids is 1. The number of benzene rings is 1. The molecule has 1 heterocycles. The molecule has 0 saturated carbocycles. The van der Waals surface area contributed by atoms with Gasteiger partial charge >= 0.3 is 5.97 Å². The number of carbonyl (C=O) groups is 1. The Hall–Kier alpha value is -1.03. The van der Waals surface area contributed by atoms with Gasteiger partial charge in [0.15, 0.2) is 0 Å². The minimum Gasteiger partial charge on any atom is -0.481 e. The third-order valence-corrected chi connectivity index (χ3v) is 3.29. The maximum Gasteiger partial charge on any atom is 0.311 e. The maximum absolute atomic E-state index is 11.2. The molecule has 1 aliphatic rings. The van der Waals surface area contributed by atoms with Gasteiger partial charge < -0.3 is 10.4 Å². The molecule has 0 radical (unpaired) electrons. The van der Waals surface area contributed by atoms with Crippen molar-refractivity contribution in [2.75, 3.05) is 11.9 Å². The molecule has 80 valence electrons. The van der Waals surface area contributed by atoms with Crippen LogP contribution < -0.4 is 5.32 Å². The largest absolute Gasteiger partial charge is 0.481 e. The topological polar surface area (TPSA) is 49.3 Å². The molecule has 3 nitrogen and oxygen atoms in total. The third kappa shape index (κ3) is 1.86. The van der Waals surface area contributed by atoms with Gasteiger partial charge in [0.25, 0.3) is 0 Å². The van der Waals surface area contributed by atoms with Crippen molar-refractivity contribution < 1.29 is 9.90 Å². The molecule has 4 heteroatoms. The molecule has 2 unspecified atom stereocenters. The van der Waals surface area contributed by atoms with Gasteiger partial charge in [0, 0.05) is 16.7 Å². The second kappa shape index (κ2) is 3.85. The summed E-state index contributed by atoms with van der Waals surface area (Å²) in [5, 5.41) is 12.4. The SMILES string of the molecule is CC1CNc2ccc(Br)cc2C1C(=O)O. The number of hydrogen-bond acceptors (Lipinski definition) is 2. The molecule has 2 N–H and O–H groups in total. The zero-order valence-corrected chi connectivity index (χ0v) is 9.91. The molecule has 0 aromatic heterocycles. The van der Waals surface area contributed by atoms with Crippen LogP contribution in [-0.2, 0) is 4.79 Å². The normalized spacial score (nSPS) is 24.1. The van der Waals surface area contributed by atoms with Crippen LogP contribution in [0, 0.1) is 5.92 Å². The Balaban J connectivity index is 2.50. The third-order valence-electron chi connectivity index (χ3n) is 2.80. The number of anilines is 1. The van der Waals surface area contributed by atoms with Crippen LogP contribution in [0.2, 0.25) is 0 Å². The van der Waals surface area contributed by atoms with Crippen LogP contribution in [0.1, 0.15) is 18.4 Å². The first-order valence-corrected chi connectivity index (χ1v) is 5.65. The van der Waals surface area contributed by atoms with Crippen LogP contribution in [0.3, 0.4) is 0 Å². The molecule has 1 aromatic rings. The molecular weight excluding hydrogens is 258 g/mol. The van der Waals surface area contributed by atoms with E-state index in [-0.39, 0.29) is 5.92 Å². The lowest BCUT2D eigenvalue weighted by Crippen LogP contribution is -2.30. The van der Waals surface area contributed by atoms with Crippen molar-refractivity contribution in [2.24, 2.45) is 5.92 Å². The fourth-order valence-corrected chi connectivity index (χ4v) is 2.40. The molecule has 0 amide bonds. The Bertz CT molecular complexity index is 406. The summed E-state index contributed by atoms with van der Waals surface area (Å²) in [5.41, 5.74) is 1.80. The highest BCUT2D eigenvalue weighted by Crippen LogP contribution is 2.36. The van der Waals surface area contributed by atoms with Crippen molar-refractivity contribution in [3.05, 3.63) is 28.2 Å². The molecule has 15 heavy (non-hydrogen) atoms. The van der Waals surface area contributed by atoms with E-state index in [2.05, 4.69) is 21.2 Å². The van der Waals surface area contributed by atoms with Crippen LogP contribution in [-0.4, -0.2) is 17.6 Å². The number of carboxylic acids is 1. The van der Waals surface area contributed by atoms with E-state index in [1.807, 2.05) is 25.1 Å². The van der Waals surface area contributed by atoms with E-state index in [1.54, 1.807) is 0 Å². The Morgan fingerprint density at radius 3 is 3.00 bits per heavy atom. The number of rotatable bonds is 1. The number of hydrogen-bond donors (Lipinski definition) is 2. The fourth-order valence-electron chi connectivity index (χ4n) is 2.02. The average molecular weight is 270 g/mol. The van der Waals surface area contributed by atoms with E-state index in [0.717, 1.165) is 15.7 Å². The standard InChI is InChI=1S/C11H12BrNO2/c1-6-5-13-9-3-2-7(12)4-8(9)10(6)11(14)15/h2-4,6,10,13H,5H2,1H3,(H,14,15). The Kier molecular flexibility index (Phi) is 2.69. The van der Waals surface area contributed by atoms with Gasteiger partial charge in [-0.15, -0.1) is 0 Å². The highest BCUT2D eigenvalue weighted by molar-refractivity contribution is 9.10. The molecule has 1 aliphatic heterocycles. The summed E-state index contributed by atoms with van der Waals surface area (Å²) in [6.45, 7) is 2.67. The van der Waals surface area contributed by atoms with Gasteiger partial charge in [0.05, 0.1) is 5.92 Å². The number of halogens is 1. The molecule has 0 bridgehead atoms. The van der Waals surface area contributed by atoms with Crippen molar-refractivity contribution in [1.29, 1.82) is 0 Å². The van der Waals surface area contributed by atoms with E-state index in [9.17, 15) is 9.90 Å². The van der Waals surface area contributed by atoms with Crippen molar-refractivity contribution >= 4 is 27.6 Å². The Labute approximate surface area is 96.6 Å². The average Bonchev–Trinajstić information content (AvgIpc) is 2.16. The van der Waals surface area contributed by atoms with E-state index in [0.29, 0.717) is 6.54 Å². The zero-order chi connectivity index (χ0) is 11.0. The number of nitrogens with one attached hydrogen (secondary N) is 1. The lowest BCUT2D eigenvalue weighted by atomic mass is 9.83. The van der Waals surface area contributed by atoms with Crippen LogP contribution in [0.5, 0.6) is 0 Å². The predicted octanol–water partition coefficient (Wildman–Crippen LogP) is 2.68. The van der Waals surface area contributed by atoms with E-state index in [4.69, 9.17) is 0 Å². The minimum absolute atomic E-state index is 0.115. The van der Waals surface area contributed by atoms with Gasteiger partial charge in [-0.1, -0.05) is 22.9 Å². The van der Waals surface area contributed by atoms with Crippen molar-refractivity contribution in [3.63, 3.8) is 0 Å². The highest BCUT2D eigenvalue weighted by Gasteiger charge is 2.32. The highest BCUT2D eigenvalue weighted by atomic mass is 79.9. The lowest BCUT2D eigenvalue weighted by molar-refractivity contribution is -0.140. The summed E-state index contributed by atoms with van der Waals surface area (Å²) < 4.78 is 0.920. The minimum atomic E-state index is -0.747. The summed E-state index contributed by atoms with van der Waals surface area (Å²) >= 11 is 3.37. The van der Waals surface area contributed by atoms with E-state index >= 15 is 0 Å². The van der Waals surface area contributed by atoms with Crippen LogP contribution in [0.15, 0.2) is 22.7 Å². The molecule has 0 fully saturated rings. The zero-order valence-electron chi connectivity index (χ0n) is 8.33. The molecule has 0 aliphatic carbocycles. The maximum atomic E-state index is 11.2. The second-order valence-electron chi connectivity index (χ2n) is 3.91. The first kappa shape index (κ1) is 10.5. The molecule has 0 spiro atoms. The van der Waals surface area contributed by atoms with Crippen LogP contribution in [0.25, 0.3) is 0 Å². The first-order valence-electron chi connectivity index (χ1n) is 4.85. The predicted molar refractivity (Wildman–Crippen MR) is 62.2 cm³/mol. The monoisotopic (exact) mass is 269 g/mol. The number of fused-ring (bicyclic) bond motifs is 1. The molecule has 0 saturated heterocycles. The molecular formula is C11H12BrNO2. The van der Waals surface area contributed by atoms with Gasteiger partial charge in [0.1, 0.15) is 0 Å². The first-order chi connectivity index (χ1) is 7.09. The molecule has 1 aromatic carbocycles. The molecule has 2 rings (SSSR count). The number of carboxylic acid groups (broad SMARTS) is 1. The van der Waals surface area contributed by atoms with Crippen molar-refractivity contribution in [3.8, 4) is 0 Å². The summed E-state index contributed by atoms with van der Waals surface area (Å²) in [6, 6.07) is 5.72. The molecule has 2 atom stereocenters. The lowest BCUT2D eigenvalue weighted by Gasteiger charge is -2.29. The summed E-state index contributed by atoms with van der Waals surface area (Å²) in [7, 11) is 0. The van der Waals surface area contributed by atoms with Crippen LogP contribution in [0.4, 0.5) is 5.69 Å². The quantitative estimate of drug-likeness (QED) is 0.824. The van der Waals surface area contributed by atoms with Crippen LogP contribution >= 0.6 is 15.9 Å². The Morgan fingerprint density at radius 1 is 1.60 bits per heavy atom. The Morgan fingerprint density at radius 2 is 2.33 bits per heavy atom. The second-order valence-corrected chi connectivity index (χ2v) is 4.82. The van der Waals surface area contributed by atoms with Gasteiger partial charge in [-0.2, -0.15) is 0 Å². The van der Waals surface area contributed by atoms with E-state index < -0.39 is 11.9 Å². The fraction of sp³-hybridized carbons (Fsp3) is 0.364. The van der Waals surface area contributed by atoms with E-state index in [1.165, 1.54) is 0 Å². The van der Waals surface area contributed by atoms with Gasteiger partial charge in [-0.3, -0.25) is 4.79 Å². The van der Waals surface area contributed by atoms with Gasteiger partial charge in [-0.05, 0) is 29.7 Å². The van der Waals surface area contributed by atoms with Crippen molar-refractivity contribution in [1.82, 2.24) is 0 Å². The smallest absolute Gasteiger partial charge is 0.311 e. The summed E-state index contributed by atoms with van der Waals surface area (Å²) in [4.78, 5) is 11.2. The van der Waals surface area contributed by atoms with Gasteiger partial charge in [-0.25, -0.2) is 0 Å².